The van der Waals surface area contributed by atoms with Crippen molar-refractivity contribution in [3.8, 4) is 5.75 Å². The van der Waals surface area contributed by atoms with Gasteiger partial charge in [0.15, 0.2) is 0 Å². The van der Waals surface area contributed by atoms with Crippen molar-refractivity contribution in [1.82, 2.24) is 9.97 Å². The van der Waals surface area contributed by atoms with Gasteiger partial charge in [-0.05, 0) is 48.5 Å². The molecule has 126 valence electrons. The Morgan fingerprint density at radius 1 is 1.04 bits per heavy atom. The van der Waals surface area contributed by atoms with Crippen molar-refractivity contribution in [1.29, 1.82) is 0 Å². The van der Waals surface area contributed by atoms with Crippen LogP contribution >= 0.6 is 0 Å². The van der Waals surface area contributed by atoms with E-state index in [1.165, 1.54) is 0 Å². The fourth-order valence-electron chi connectivity index (χ4n) is 2.20. The van der Waals surface area contributed by atoms with Crippen molar-refractivity contribution >= 4 is 17.4 Å². The van der Waals surface area contributed by atoms with Crippen LogP contribution in [0.3, 0.4) is 0 Å². The Morgan fingerprint density at radius 2 is 1.88 bits per heavy atom. The molecule has 0 radical (unpaired) electrons. The highest BCUT2D eigenvalue weighted by atomic mass is 16.5. The Hall–Kier alpha value is -3.41. The smallest absolute Gasteiger partial charge is 0.255 e. The molecule has 0 bridgehead atoms. The van der Waals surface area contributed by atoms with Crippen LogP contribution < -0.4 is 15.4 Å². The maximum Gasteiger partial charge on any atom is 0.255 e. The number of nitrogens with zero attached hydrogens (tertiary/aromatic N) is 2. The number of benzene rings is 1. The van der Waals surface area contributed by atoms with Crippen LogP contribution in [0.1, 0.15) is 16.1 Å². The van der Waals surface area contributed by atoms with Gasteiger partial charge in [0.05, 0.1) is 31.2 Å². The fourth-order valence-corrected chi connectivity index (χ4v) is 2.20. The zero-order valence-corrected chi connectivity index (χ0v) is 13.8. The first-order chi connectivity index (χ1) is 12.2. The van der Waals surface area contributed by atoms with Gasteiger partial charge in [-0.2, -0.15) is 0 Å². The number of nitrogens with one attached hydrogen (secondary N) is 2. The summed E-state index contributed by atoms with van der Waals surface area (Å²) >= 11 is 0. The molecule has 0 atom stereocenters. The monoisotopic (exact) mass is 334 g/mol. The average Bonchev–Trinajstić information content (AvgIpc) is 2.68. The van der Waals surface area contributed by atoms with E-state index in [0.717, 1.165) is 5.69 Å². The number of aromatic nitrogens is 2. The van der Waals surface area contributed by atoms with Crippen LogP contribution in [0.2, 0.25) is 0 Å². The maximum absolute atomic E-state index is 12.2. The molecular weight excluding hydrogens is 316 g/mol. The summed E-state index contributed by atoms with van der Waals surface area (Å²) in [6.45, 7) is 0.589. The zero-order chi connectivity index (χ0) is 17.5. The minimum Gasteiger partial charge on any atom is -0.497 e. The van der Waals surface area contributed by atoms with Crippen LogP contribution in [0.5, 0.6) is 5.75 Å². The number of amides is 1. The summed E-state index contributed by atoms with van der Waals surface area (Å²) in [7, 11) is 1.59. The highest BCUT2D eigenvalue weighted by molar-refractivity contribution is 6.04. The molecule has 3 aromatic rings. The summed E-state index contributed by atoms with van der Waals surface area (Å²) in [5, 5.41) is 6.00. The highest BCUT2D eigenvalue weighted by Crippen LogP contribution is 2.14. The summed E-state index contributed by atoms with van der Waals surface area (Å²) in [4.78, 5) is 20.7. The van der Waals surface area contributed by atoms with Crippen molar-refractivity contribution in [3.63, 3.8) is 0 Å². The van der Waals surface area contributed by atoms with Gasteiger partial charge in [0.1, 0.15) is 11.6 Å². The first-order valence-corrected chi connectivity index (χ1v) is 7.80. The van der Waals surface area contributed by atoms with Gasteiger partial charge in [0, 0.05) is 11.8 Å². The van der Waals surface area contributed by atoms with Crippen LogP contribution in [0.25, 0.3) is 0 Å². The van der Waals surface area contributed by atoms with Gasteiger partial charge >= 0.3 is 0 Å². The number of ether oxygens (including phenoxy) is 1. The highest BCUT2D eigenvalue weighted by Gasteiger charge is 2.06. The maximum atomic E-state index is 12.2. The Bertz CT molecular complexity index is 818. The van der Waals surface area contributed by atoms with E-state index >= 15 is 0 Å². The molecule has 1 amide bonds. The third kappa shape index (κ3) is 4.54. The van der Waals surface area contributed by atoms with Gasteiger partial charge in [-0.15, -0.1) is 0 Å². The normalized spacial score (nSPS) is 10.1. The quantitative estimate of drug-likeness (QED) is 0.723. The number of hydrogen-bond donors (Lipinski definition) is 2. The summed E-state index contributed by atoms with van der Waals surface area (Å²) in [6.07, 6.45) is 3.37. The molecule has 2 N–H and O–H groups in total. The van der Waals surface area contributed by atoms with E-state index in [1.807, 2.05) is 24.3 Å². The molecule has 0 saturated carbocycles. The van der Waals surface area contributed by atoms with Crippen molar-refractivity contribution in [2.24, 2.45) is 0 Å². The van der Waals surface area contributed by atoms with E-state index in [2.05, 4.69) is 20.6 Å². The molecule has 25 heavy (non-hydrogen) atoms. The van der Waals surface area contributed by atoms with Crippen molar-refractivity contribution < 1.29 is 9.53 Å². The second-order valence-corrected chi connectivity index (χ2v) is 5.29. The molecule has 0 saturated heterocycles. The minimum absolute atomic E-state index is 0.196. The van der Waals surface area contributed by atoms with E-state index in [1.54, 1.807) is 49.8 Å². The third-order valence-electron chi connectivity index (χ3n) is 3.55. The fraction of sp³-hybridized carbons (Fsp3) is 0.105. The molecule has 1 aromatic carbocycles. The zero-order valence-electron chi connectivity index (χ0n) is 13.8. The molecule has 0 unspecified atom stereocenters. The van der Waals surface area contributed by atoms with Gasteiger partial charge in [0.25, 0.3) is 5.91 Å². The van der Waals surface area contributed by atoms with Crippen LogP contribution in [0.15, 0.2) is 67.0 Å². The number of carbonyl (C=O) groups is 1. The van der Waals surface area contributed by atoms with Crippen molar-refractivity contribution in [2.75, 3.05) is 17.7 Å². The number of anilines is 2. The molecule has 2 heterocycles. The predicted molar refractivity (Wildman–Crippen MR) is 96.7 cm³/mol. The number of carbonyl (C=O) groups excluding carboxylic acids is 1. The van der Waals surface area contributed by atoms with E-state index in [0.29, 0.717) is 29.4 Å². The average molecular weight is 334 g/mol. The van der Waals surface area contributed by atoms with Crippen LogP contribution in [-0.2, 0) is 6.54 Å². The Balaban J connectivity index is 1.57. The predicted octanol–water partition coefficient (Wildman–Crippen LogP) is 3.35. The number of methoxy groups -OCH3 is 1. The molecule has 0 aliphatic carbocycles. The SMILES string of the molecule is COc1ccc(C(=O)Nc2ccc(NCc3ccccn3)nc2)cc1. The topological polar surface area (TPSA) is 76.1 Å². The van der Waals surface area contributed by atoms with E-state index in [-0.39, 0.29) is 5.91 Å². The second-order valence-electron chi connectivity index (χ2n) is 5.29. The van der Waals surface area contributed by atoms with Gasteiger partial charge < -0.3 is 15.4 Å². The first-order valence-electron chi connectivity index (χ1n) is 7.80. The number of hydrogen-bond acceptors (Lipinski definition) is 5. The summed E-state index contributed by atoms with van der Waals surface area (Å²) in [5.41, 5.74) is 2.11. The molecule has 6 nitrogen and oxygen atoms in total. The standard InChI is InChI=1S/C19H18N4O2/c1-25-17-8-5-14(6-9-17)19(24)23-16-7-10-18(22-13-16)21-12-15-4-2-3-11-20-15/h2-11,13H,12H2,1H3,(H,21,22)(H,23,24). The van der Waals surface area contributed by atoms with Crippen LogP contribution in [0.4, 0.5) is 11.5 Å². The molecule has 0 aliphatic heterocycles. The largest absolute Gasteiger partial charge is 0.497 e. The number of rotatable bonds is 6. The number of pyridine rings is 2. The molecule has 3 rings (SSSR count). The van der Waals surface area contributed by atoms with E-state index in [4.69, 9.17) is 4.74 Å². The lowest BCUT2D eigenvalue weighted by Crippen LogP contribution is -2.12. The van der Waals surface area contributed by atoms with Gasteiger partial charge in [0.2, 0.25) is 0 Å². The molecule has 6 heteroatoms. The lowest BCUT2D eigenvalue weighted by Gasteiger charge is -2.08. The molecule has 0 aliphatic rings. The van der Waals surface area contributed by atoms with Crippen LogP contribution in [-0.4, -0.2) is 23.0 Å². The van der Waals surface area contributed by atoms with E-state index in [9.17, 15) is 4.79 Å². The van der Waals surface area contributed by atoms with Crippen LogP contribution in [0, 0.1) is 0 Å². The lowest BCUT2D eigenvalue weighted by molar-refractivity contribution is 0.102. The summed E-state index contributed by atoms with van der Waals surface area (Å²) in [5.74, 6) is 1.23. The Kier molecular flexibility index (Phi) is 5.21. The molecule has 0 fully saturated rings. The van der Waals surface area contributed by atoms with Gasteiger partial charge in [-0.1, -0.05) is 6.07 Å². The van der Waals surface area contributed by atoms with Gasteiger partial charge in [-0.3, -0.25) is 9.78 Å². The van der Waals surface area contributed by atoms with Crippen molar-refractivity contribution in [3.05, 3.63) is 78.2 Å². The Labute approximate surface area is 145 Å². The molecule has 2 aromatic heterocycles. The van der Waals surface area contributed by atoms with E-state index < -0.39 is 0 Å². The lowest BCUT2D eigenvalue weighted by atomic mass is 10.2. The Morgan fingerprint density at radius 3 is 2.52 bits per heavy atom. The van der Waals surface area contributed by atoms with Gasteiger partial charge in [-0.25, -0.2) is 4.98 Å². The first kappa shape index (κ1) is 16.4. The van der Waals surface area contributed by atoms with Crippen molar-refractivity contribution in [2.45, 2.75) is 6.54 Å². The summed E-state index contributed by atoms with van der Waals surface area (Å²) in [6, 6.07) is 16.3. The molecule has 0 spiro atoms. The summed E-state index contributed by atoms with van der Waals surface area (Å²) < 4.78 is 5.08. The third-order valence-corrected chi connectivity index (χ3v) is 3.55. The molecular formula is C19H18N4O2. The second kappa shape index (κ2) is 7.92. The minimum atomic E-state index is -0.196.